The van der Waals surface area contributed by atoms with Gasteiger partial charge in [-0.25, -0.2) is 0 Å². The first-order valence-corrected chi connectivity index (χ1v) is 5.22. The molecule has 2 saturated carbocycles. The van der Waals surface area contributed by atoms with E-state index in [4.69, 9.17) is 5.73 Å². The van der Waals surface area contributed by atoms with Gasteiger partial charge in [0.05, 0.1) is 6.10 Å². The van der Waals surface area contributed by atoms with Crippen LogP contribution in [0.3, 0.4) is 0 Å². The molecule has 12 heavy (non-hydrogen) atoms. The number of hydrogen-bond acceptors (Lipinski definition) is 2. The first-order valence-electron chi connectivity index (χ1n) is 5.22. The van der Waals surface area contributed by atoms with E-state index >= 15 is 0 Å². The number of rotatable bonds is 2. The molecule has 2 unspecified atom stereocenters. The highest BCUT2D eigenvalue weighted by Crippen LogP contribution is 2.39. The van der Waals surface area contributed by atoms with Crippen LogP contribution < -0.4 is 5.73 Å². The first-order chi connectivity index (χ1) is 5.79. The van der Waals surface area contributed by atoms with Crippen LogP contribution in [0, 0.1) is 11.8 Å². The molecule has 0 aromatic rings. The smallest absolute Gasteiger partial charge is 0.0588 e. The van der Waals surface area contributed by atoms with Crippen molar-refractivity contribution in [3.05, 3.63) is 0 Å². The molecule has 2 aliphatic carbocycles. The molecule has 2 fully saturated rings. The zero-order chi connectivity index (χ0) is 8.55. The molecule has 0 saturated heterocycles. The van der Waals surface area contributed by atoms with Crippen LogP contribution in [0.25, 0.3) is 0 Å². The molecule has 2 rings (SSSR count). The number of aliphatic hydroxyl groups is 1. The maximum absolute atomic E-state index is 9.25. The quantitative estimate of drug-likeness (QED) is 0.654. The average Bonchev–Trinajstić information content (AvgIpc) is 2.83. The van der Waals surface area contributed by atoms with Gasteiger partial charge in [-0.15, -0.1) is 0 Å². The first kappa shape index (κ1) is 8.52. The van der Waals surface area contributed by atoms with Crippen molar-refractivity contribution in [2.45, 2.75) is 50.7 Å². The van der Waals surface area contributed by atoms with Crippen molar-refractivity contribution in [2.24, 2.45) is 17.6 Å². The summed E-state index contributed by atoms with van der Waals surface area (Å²) in [6.07, 6.45) is 7.56. The van der Waals surface area contributed by atoms with Crippen molar-refractivity contribution in [1.82, 2.24) is 0 Å². The lowest BCUT2D eigenvalue weighted by molar-refractivity contribution is 0.219. The van der Waals surface area contributed by atoms with E-state index in [-0.39, 0.29) is 6.10 Å². The minimum Gasteiger partial charge on any atom is -0.393 e. The van der Waals surface area contributed by atoms with Gasteiger partial charge in [-0.3, -0.25) is 0 Å². The zero-order valence-corrected chi connectivity index (χ0v) is 7.58. The molecule has 2 aliphatic rings. The summed E-state index contributed by atoms with van der Waals surface area (Å²) in [6, 6.07) is 0.292. The third-order valence-electron chi connectivity index (χ3n) is 3.49. The lowest BCUT2D eigenvalue weighted by Crippen LogP contribution is -2.34. The van der Waals surface area contributed by atoms with E-state index in [0.29, 0.717) is 17.9 Å². The van der Waals surface area contributed by atoms with Gasteiger partial charge in [0.15, 0.2) is 0 Å². The Hall–Kier alpha value is -0.0800. The molecule has 0 aromatic heterocycles. The predicted molar refractivity (Wildman–Crippen MR) is 48.7 cm³/mol. The largest absolute Gasteiger partial charge is 0.393 e. The van der Waals surface area contributed by atoms with E-state index in [2.05, 4.69) is 0 Å². The van der Waals surface area contributed by atoms with E-state index in [9.17, 15) is 5.11 Å². The number of nitrogens with two attached hydrogens (primary N) is 1. The van der Waals surface area contributed by atoms with Crippen LogP contribution in [0.15, 0.2) is 0 Å². The fraction of sp³-hybridized carbons (Fsp3) is 1.00. The second kappa shape index (κ2) is 3.35. The molecule has 0 radical (unpaired) electrons. The van der Waals surface area contributed by atoms with Crippen molar-refractivity contribution in [3.63, 3.8) is 0 Å². The number of aliphatic hydroxyl groups excluding tert-OH is 1. The highest BCUT2D eigenvalue weighted by molar-refractivity contribution is 4.96. The Morgan fingerprint density at radius 3 is 2.25 bits per heavy atom. The van der Waals surface area contributed by atoms with Gasteiger partial charge in [-0.05, 0) is 25.2 Å². The van der Waals surface area contributed by atoms with E-state index in [1.54, 1.807) is 0 Å². The molecule has 2 heteroatoms. The summed E-state index contributed by atoms with van der Waals surface area (Å²) >= 11 is 0. The normalized spacial score (nSPS) is 39.5. The summed E-state index contributed by atoms with van der Waals surface area (Å²) in [6.45, 7) is 0. The van der Waals surface area contributed by atoms with E-state index in [1.165, 1.54) is 32.1 Å². The molecule has 3 atom stereocenters. The Balaban J connectivity index is 1.82. The fourth-order valence-corrected chi connectivity index (χ4v) is 2.48. The van der Waals surface area contributed by atoms with Gasteiger partial charge in [0.1, 0.15) is 0 Å². The van der Waals surface area contributed by atoms with Gasteiger partial charge in [0.2, 0.25) is 0 Å². The van der Waals surface area contributed by atoms with Crippen molar-refractivity contribution in [3.8, 4) is 0 Å². The molecule has 0 bridgehead atoms. The second-order valence-corrected chi connectivity index (χ2v) is 4.44. The molecule has 70 valence electrons. The Bertz CT molecular complexity index is 154. The van der Waals surface area contributed by atoms with Crippen molar-refractivity contribution >= 4 is 0 Å². The van der Waals surface area contributed by atoms with E-state index in [0.717, 1.165) is 6.42 Å². The summed E-state index contributed by atoms with van der Waals surface area (Å²) in [5, 5.41) is 9.25. The maximum atomic E-state index is 9.25. The molecule has 0 heterocycles. The lowest BCUT2D eigenvalue weighted by atomic mass is 9.82. The molecule has 0 amide bonds. The average molecular weight is 169 g/mol. The van der Waals surface area contributed by atoms with Gasteiger partial charge >= 0.3 is 0 Å². The molecule has 2 nitrogen and oxygen atoms in total. The summed E-state index contributed by atoms with van der Waals surface area (Å²) in [7, 11) is 0. The minimum absolute atomic E-state index is 0.0677. The minimum atomic E-state index is -0.0677. The zero-order valence-electron chi connectivity index (χ0n) is 7.58. The topological polar surface area (TPSA) is 46.2 Å². The van der Waals surface area contributed by atoms with Crippen LogP contribution in [-0.2, 0) is 0 Å². The Morgan fingerprint density at radius 2 is 1.75 bits per heavy atom. The van der Waals surface area contributed by atoms with Gasteiger partial charge in [-0.1, -0.05) is 19.3 Å². The van der Waals surface area contributed by atoms with Crippen molar-refractivity contribution < 1.29 is 5.11 Å². The highest BCUT2D eigenvalue weighted by atomic mass is 16.3. The second-order valence-electron chi connectivity index (χ2n) is 4.44. The Labute approximate surface area is 74.1 Å². The van der Waals surface area contributed by atoms with Crippen LogP contribution >= 0.6 is 0 Å². The number of hydrogen-bond donors (Lipinski definition) is 2. The van der Waals surface area contributed by atoms with Crippen LogP contribution in [0.4, 0.5) is 0 Å². The Morgan fingerprint density at radius 1 is 1.17 bits per heavy atom. The molecule has 0 spiro atoms. The molecular formula is C10H19NO. The molecule has 0 aromatic carbocycles. The monoisotopic (exact) mass is 169 g/mol. The summed E-state index contributed by atoms with van der Waals surface area (Å²) in [5.41, 5.74) is 6.08. The van der Waals surface area contributed by atoms with E-state index < -0.39 is 0 Å². The summed E-state index contributed by atoms with van der Waals surface area (Å²) in [5.74, 6) is 1.15. The third kappa shape index (κ3) is 1.64. The van der Waals surface area contributed by atoms with Crippen molar-refractivity contribution in [2.75, 3.05) is 0 Å². The fourth-order valence-electron chi connectivity index (χ4n) is 2.48. The SMILES string of the molecule is N[C@@H](C1CCCCC1)C1CC1O. The highest BCUT2D eigenvalue weighted by Gasteiger charge is 2.42. The predicted octanol–water partition coefficient (Wildman–Crippen LogP) is 1.27. The summed E-state index contributed by atoms with van der Waals surface area (Å²) < 4.78 is 0. The van der Waals surface area contributed by atoms with Crippen LogP contribution in [0.1, 0.15) is 38.5 Å². The van der Waals surface area contributed by atoms with Crippen molar-refractivity contribution in [1.29, 1.82) is 0 Å². The van der Waals surface area contributed by atoms with Gasteiger partial charge < -0.3 is 10.8 Å². The van der Waals surface area contributed by atoms with E-state index in [1.807, 2.05) is 0 Å². The lowest BCUT2D eigenvalue weighted by Gasteiger charge is -2.27. The summed E-state index contributed by atoms with van der Waals surface area (Å²) in [4.78, 5) is 0. The van der Waals surface area contributed by atoms with Gasteiger partial charge in [0, 0.05) is 12.0 Å². The molecule has 3 N–H and O–H groups in total. The molecular weight excluding hydrogens is 150 g/mol. The van der Waals surface area contributed by atoms with Crippen LogP contribution in [0.5, 0.6) is 0 Å². The van der Waals surface area contributed by atoms with Gasteiger partial charge in [0.25, 0.3) is 0 Å². The third-order valence-corrected chi connectivity index (χ3v) is 3.49. The standard InChI is InChI=1S/C10H19NO/c11-10(8-6-9(8)12)7-4-2-1-3-5-7/h7-10,12H,1-6,11H2/t8?,9?,10-/m0/s1. The maximum Gasteiger partial charge on any atom is 0.0588 e. The van der Waals surface area contributed by atoms with Crippen LogP contribution in [0.2, 0.25) is 0 Å². The van der Waals surface area contributed by atoms with Crippen LogP contribution in [-0.4, -0.2) is 17.3 Å². The molecule has 0 aliphatic heterocycles. The Kier molecular flexibility index (Phi) is 2.37. The van der Waals surface area contributed by atoms with Gasteiger partial charge in [-0.2, -0.15) is 0 Å².